The van der Waals surface area contributed by atoms with Gasteiger partial charge in [-0.25, -0.2) is 14.0 Å². The molecule has 0 amide bonds. The molecule has 2 aromatic rings. The molecule has 6 nitrogen and oxygen atoms in total. The molecule has 0 fully saturated rings. The third-order valence-corrected chi connectivity index (χ3v) is 3.51. The van der Waals surface area contributed by atoms with Gasteiger partial charge in [-0.05, 0) is 43.7 Å². The summed E-state index contributed by atoms with van der Waals surface area (Å²) in [6, 6.07) is 3.43. The van der Waals surface area contributed by atoms with Gasteiger partial charge in [0.2, 0.25) is 0 Å². The van der Waals surface area contributed by atoms with Gasteiger partial charge in [-0.2, -0.15) is 0 Å². The van der Waals surface area contributed by atoms with E-state index in [0.717, 1.165) is 12.1 Å². The number of nitrogen functional groups attached to an aromatic ring is 1. The number of carbonyl (C=O) groups is 2. The summed E-state index contributed by atoms with van der Waals surface area (Å²) in [5.74, 6) is -3.03. The van der Waals surface area contributed by atoms with Crippen molar-refractivity contribution in [3.05, 3.63) is 52.1 Å². The second kappa shape index (κ2) is 5.96. The topological polar surface area (TPSA) is 116 Å². The monoisotopic (exact) mass is 318 g/mol. The molecule has 0 aliphatic heterocycles. The molecule has 0 aliphatic rings. The van der Waals surface area contributed by atoms with Gasteiger partial charge in [0.1, 0.15) is 5.82 Å². The van der Waals surface area contributed by atoms with Crippen molar-refractivity contribution in [1.82, 2.24) is 4.98 Å². The molecular formula is C16H15FN2O4. The zero-order valence-electron chi connectivity index (χ0n) is 12.5. The highest BCUT2D eigenvalue weighted by atomic mass is 19.1. The average molecular weight is 318 g/mol. The van der Waals surface area contributed by atoms with Crippen LogP contribution in [-0.4, -0.2) is 27.1 Å². The van der Waals surface area contributed by atoms with Crippen LogP contribution in [0.4, 0.5) is 10.1 Å². The number of aromatic carboxylic acids is 1. The Morgan fingerprint density at radius 1 is 1.26 bits per heavy atom. The summed E-state index contributed by atoms with van der Waals surface area (Å²) in [6.07, 6.45) is 1.25. The van der Waals surface area contributed by atoms with Crippen LogP contribution >= 0.6 is 0 Å². The van der Waals surface area contributed by atoms with Crippen LogP contribution < -0.4 is 5.73 Å². The number of hydrogen-bond acceptors (Lipinski definition) is 3. The van der Waals surface area contributed by atoms with Crippen LogP contribution in [-0.2, 0) is 4.79 Å². The molecule has 1 aromatic heterocycles. The maximum Gasteiger partial charge on any atom is 0.337 e. The molecule has 5 N–H and O–H groups in total. The van der Waals surface area contributed by atoms with E-state index in [1.54, 1.807) is 13.8 Å². The lowest BCUT2D eigenvalue weighted by atomic mass is 10.0. The summed E-state index contributed by atoms with van der Waals surface area (Å²) in [6.45, 7) is 3.14. The van der Waals surface area contributed by atoms with E-state index in [4.69, 9.17) is 5.73 Å². The highest BCUT2D eigenvalue weighted by Gasteiger charge is 2.19. The number of carboxylic acids is 2. The van der Waals surface area contributed by atoms with Crippen molar-refractivity contribution in [2.24, 2.45) is 0 Å². The number of aryl methyl sites for hydroxylation is 1. The molecule has 0 unspecified atom stereocenters. The Balaban J connectivity index is 2.66. The molecule has 1 heterocycles. The van der Waals surface area contributed by atoms with Crippen molar-refractivity contribution in [3.63, 3.8) is 0 Å². The number of halogens is 1. The Kier molecular flexibility index (Phi) is 4.22. The van der Waals surface area contributed by atoms with E-state index in [1.807, 2.05) is 0 Å². The van der Waals surface area contributed by atoms with Gasteiger partial charge in [0.05, 0.1) is 11.1 Å². The fourth-order valence-electron chi connectivity index (χ4n) is 2.40. The SMILES string of the molecule is Cc1[nH]c(/C=C(\C(=O)O)c2cc(F)ccc2N)c(C)c1C(=O)O. The molecule has 0 spiro atoms. The highest BCUT2D eigenvalue weighted by molar-refractivity contribution is 6.22. The Morgan fingerprint density at radius 3 is 2.43 bits per heavy atom. The number of hydrogen-bond donors (Lipinski definition) is 4. The molecule has 2 rings (SSSR count). The fourth-order valence-corrected chi connectivity index (χ4v) is 2.40. The molecule has 0 radical (unpaired) electrons. The Labute approximate surface area is 131 Å². The Hall–Kier alpha value is -3.09. The van der Waals surface area contributed by atoms with Gasteiger partial charge in [-0.1, -0.05) is 0 Å². The molecule has 120 valence electrons. The number of nitrogens with two attached hydrogens (primary N) is 1. The highest BCUT2D eigenvalue weighted by Crippen LogP contribution is 2.27. The van der Waals surface area contributed by atoms with Crippen molar-refractivity contribution in [2.75, 3.05) is 5.73 Å². The number of aliphatic carboxylic acids is 1. The lowest BCUT2D eigenvalue weighted by Gasteiger charge is -2.07. The van der Waals surface area contributed by atoms with E-state index in [-0.39, 0.29) is 22.4 Å². The maximum absolute atomic E-state index is 13.4. The maximum atomic E-state index is 13.4. The summed E-state index contributed by atoms with van der Waals surface area (Å²) >= 11 is 0. The van der Waals surface area contributed by atoms with Gasteiger partial charge >= 0.3 is 11.9 Å². The second-order valence-electron chi connectivity index (χ2n) is 5.06. The third kappa shape index (κ3) is 3.08. The summed E-state index contributed by atoms with van der Waals surface area (Å²) < 4.78 is 13.4. The van der Waals surface area contributed by atoms with Gasteiger partial charge in [0, 0.05) is 22.6 Å². The molecule has 0 saturated heterocycles. The summed E-state index contributed by atoms with van der Waals surface area (Å²) in [4.78, 5) is 25.6. The number of aromatic amines is 1. The van der Waals surface area contributed by atoms with Crippen molar-refractivity contribution in [2.45, 2.75) is 13.8 Å². The predicted octanol–water partition coefficient (Wildman–Crippen LogP) is 2.68. The lowest BCUT2D eigenvalue weighted by molar-refractivity contribution is -0.130. The smallest absolute Gasteiger partial charge is 0.337 e. The summed E-state index contributed by atoms with van der Waals surface area (Å²) in [7, 11) is 0. The number of carboxylic acid groups (broad SMARTS) is 2. The van der Waals surface area contributed by atoms with Crippen LogP contribution in [0.2, 0.25) is 0 Å². The van der Waals surface area contributed by atoms with Gasteiger partial charge < -0.3 is 20.9 Å². The normalized spacial score (nSPS) is 11.5. The summed E-state index contributed by atoms with van der Waals surface area (Å²) in [5.41, 5.74) is 6.83. The van der Waals surface area contributed by atoms with E-state index in [0.29, 0.717) is 17.0 Å². The largest absolute Gasteiger partial charge is 0.478 e. The molecule has 1 aromatic carbocycles. The van der Waals surface area contributed by atoms with Gasteiger partial charge in [-0.3, -0.25) is 0 Å². The summed E-state index contributed by atoms with van der Waals surface area (Å²) in [5, 5.41) is 18.6. The van der Waals surface area contributed by atoms with E-state index >= 15 is 0 Å². The van der Waals surface area contributed by atoms with Crippen LogP contribution in [0.15, 0.2) is 18.2 Å². The third-order valence-electron chi connectivity index (χ3n) is 3.51. The molecule has 0 bridgehead atoms. The van der Waals surface area contributed by atoms with Crippen LogP contribution in [0.1, 0.15) is 32.9 Å². The van der Waals surface area contributed by atoms with Crippen molar-refractivity contribution in [1.29, 1.82) is 0 Å². The first-order valence-corrected chi connectivity index (χ1v) is 6.65. The average Bonchev–Trinajstić information content (AvgIpc) is 2.73. The molecule has 0 saturated carbocycles. The van der Waals surface area contributed by atoms with Crippen LogP contribution in [0, 0.1) is 19.7 Å². The van der Waals surface area contributed by atoms with E-state index in [2.05, 4.69) is 4.98 Å². The number of benzene rings is 1. The number of H-pyrrole nitrogens is 1. The van der Waals surface area contributed by atoms with Crippen LogP contribution in [0.5, 0.6) is 0 Å². The van der Waals surface area contributed by atoms with Gasteiger partial charge in [-0.15, -0.1) is 0 Å². The molecule has 7 heteroatoms. The number of nitrogens with one attached hydrogen (secondary N) is 1. The minimum absolute atomic E-state index is 0.0287. The number of rotatable bonds is 4. The van der Waals surface area contributed by atoms with Crippen molar-refractivity contribution < 1.29 is 24.2 Å². The minimum Gasteiger partial charge on any atom is -0.478 e. The minimum atomic E-state index is -1.30. The lowest BCUT2D eigenvalue weighted by Crippen LogP contribution is -2.04. The first kappa shape index (κ1) is 16.3. The molecule has 23 heavy (non-hydrogen) atoms. The first-order chi connectivity index (χ1) is 10.7. The van der Waals surface area contributed by atoms with Crippen molar-refractivity contribution >= 4 is 29.3 Å². The number of aromatic nitrogens is 1. The van der Waals surface area contributed by atoms with Crippen molar-refractivity contribution in [3.8, 4) is 0 Å². The van der Waals surface area contributed by atoms with E-state index < -0.39 is 17.8 Å². The first-order valence-electron chi connectivity index (χ1n) is 6.65. The quantitative estimate of drug-likeness (QED) is 0.511. The predicted molar refractivity (Wildman–Crippen MR) is 83.5 cm³/mol. The van der Waals surface area contributed by atoms with Crippen LogP contribution in [0.25, 0.3) is 11.6 Å². The molecule has 0 aliphatic carbocycles. The van der Waals surface area contributed by atoms with E-state index in [1.165, 1.54) is 12.1 Å². The van der Waals surface area contributed by atoms with Crippen LogP contribution in [0.3, 0.4) is 0 Å². The zero-order valence-corrected chi connectivity index (χ0v) is 12.5. The fraction of sp³-hybridized carbons (Fsp3) is 0.125. The second-order valence-corrected chi connectivity index (χ2v) is 5.06. The molecule has 0 atom stereocenters. The van der Waals surface area contributed by atoms with Gasteiger partial charge in [0.25, 0.3) is 0 Å². The van der Waals surface area contributed by atoms with E-state index in [9.17, 15) is 24.2 Å². The molecular weight excluding hydrogens is 303 g/mol. The Morgan fingerprint density at radius 2 is 1.91 bits per heavy atom. The standard InChI is InChI=1S/C16H15FN2O4/c1-7-13(19-8(2)14(7)16(22)23)6-11(15(20)21)10-5-9(17)3-4-12(10)18/h3-6,19H,18H2,1-2H3,(H,20,21)(H,22,23)/b11-6-. The zero-order chi connectivity index (χ0) is 17.3. The number of anilines is 1. The Bertz CT molecular complexity index is 837. The van der Waals surface area contributed by atoms with Gasteiger partial charge in [0.15, 0.2) is 0 Å².